The Morgan fingerprint density at radius 2 is 0.842 bits per heavy atom. The number of hydrogen-bond acceptors (Lipinski definition) is 0. The maximum atomic E-state index is 3.04. The lowest BCUT2D eigenvalue weighted by atomic mass is 10.9. The van der Waals surface area contributed by atoms with Gasteiger partial charge in [0.25, 0.3) is 0 Å². The van der Waals surface area contributed by atoms with Crippen molar-refractivity contribution in [2.24, 2.45) is 0 Å². The maximum Gasteiger partial charge on any atom is 0.123 e. The Hall–Kier alpha value is 1.60. The molecule has 0 saturated heterocycles. The van der Waals surface area contributed by atoms with Crippen molar-refractivity contribution in [2.75, 3.05) is 0 Å². The van der Waals surface area contributed by atoms with Gasteiger partial charge in [0.1, 0.15) is 5.57 Å². The van der Waals surface area contributed by atoms with Crippen LogP contribution in [0.2, 0.25) is 74.9 Å². The summed E-state index contributed by atoms with van der Waals surface area (Å²) in [6, 6.07) is 2.95. The van der Waals surface area contributed by atoms with Gasteiger partial charge in [0.15, 0.2) is 0 Å². The lowest BCUT2D eigenvalue weighted by Gasteiger charge is -2.66. The van der Waals surface area contributed by atoms with Gasteiger partial charge in [0.2, 0.25) is 0 Å². The molecule has 0 atom stereocenters. The van der Waals surface area contributed by atoms with Gasteiger partial charge in [-0.1, -0.05) is 84.9 Å². The van der Waals surface area contributed by atoms with E-state index in [1.807, 2.05) is 0 Å². The summed E-state index contributed by atoms with van der Waals surface area (Å²) in [5.41, 5.74) is -1.23. The van der Waals surface area contributed by atoms with E-state index in [2.05, 4.69) is 94.6 Å². The third-order valence-corrected chi connectivity index (χ3v) is 51.6. The monoisotopic (exact) mass is 444 g/mol. The van der Waals surface area contributed by atoms with Gasteiger partial charge >= 0.3 is 0 Å². The molecule has 0 saturated carbocycles. The smallest absolute Gasteiger partial charge is 0.119 e. The zero-order valence-corrected chi connectivity index (χ0v) is 21.4. The molecule has 0 aliphatic heterocycles. The Balaban J connectivity index is 6.61. The number of halogens is 1. The maximum absolute atomic E-state index is 3.04. The molecular weight excluding hydrogens is 407 g/mol. The normalized spacial score (nSPS) is 15.8. The van der Waals surface area contributed by atoms with Gasteiger partial charge in [0.05, 0.1) is 0 Å². The molecule has 0 N–H and O–H groups in total. The lowest BCUT2D eigenvalue weighted by molar-refractivity contribution is 1.13. The van der Waals surface area contributed by atoms with Crippen molar-refractivity contribution in [3.05, 3.63) is 0 Å². The molecule has 0 heterocycles. The highest BCUT2D eigenvalue weighted by atomic mass is 127. The molecule has 0 spiro atoms. The van der Waals surface area contributed by atoms with Crippen molar-refractivity contribution in [1.82, 2.24) is 0 Å². The van der Waals surface area contributed by atoms with Gasteiger partial charge in [-0.2, -0.15) is 0 Å². The summed E-state index contributed by atoms with van der Waals surface area (Å²) in [5.74, 6) is 0. The van der Waals surface area contributed by atoms with E-state index < -0.39 is 29.8 Å². The van der Waals surface area contributed by atoms with Crippen LogP contribution in [0.15, 0.2) is 0 Å². The van der Waals surface area contributed by atoms with E-state index in [0.717, 1.165) is 3.91 Å². The van der Waals surface area contributed by atoms with E-state index in [9.17, 15) is 0 Å². The van der Waals surface area contributed by atoms with Gasteiger partial charge in [-0.05, 0) is 3.91 Å². The van der Waals surface area contributed by atoms with Crippen molar-refractivity contribution in [3.8, 4) is 0 Å². The molecule has 0 nitrogen and oxygen atoms in total. The molecule has 5 heteroatoms. The van der Waals surface area contributed by atoms with E-state index in [-0.39, 0.29) is 0 Å². The van der Waals surface area contributed by atoms with Crippen molar-refractivity contribution in [3.63, 3.8) is 0 Å². The van der Waals surface area contributed by atoms with Crippen LogP contribution in [-0.2, 0) is 0 Å². The minimum atomic E-state index is -1.23. The number of rotatable bonds is 6. The van der Waals surface area contributed by atoms with E-state index in [1.165, 1.54) is 12.1 Å². The van der Waals surface area contributed by atoms with E-state index in [1.54, 1.807) is 0 Å². The predicted octanol–water partition coefficient (Wildman–Crippen LogP) is 6.78. The van der Waals surface area contributed by atoms with Crippen LogP contribution >= 0.6 is 21.8 Å². The zero-order chi connectivity index (χ0) is 15.9. The topological polar surface area (TPSA) is 0 Å². The van der Waals surface area contributed by atoms with Crippen LogP contribution in [0.1, 0.15) is 13.8 Å². The van der Waals surface area contributed by atoms with Crippen LogP contribution in [0, 0.1) is 0 Å². The van der Waals surface area contributed by atoms with Crippen LogP contribution in [-0.4, -0.2) is 29.8 Å². The minimum absolute atomic E-state index is 0.810. The Labute approximate surface area is 139 Å². The Bertz CT molecular complexity index is 267. The molecular formula is C14H37ISi4. The summed E-state index contributed by atoms with van der Waals surface area (Å²) in [6.45, 7) is 29.2. The first-order valence-corrected chi connectivity index (χ1v) is 23.8. The second-order valence-electron chi connectivity index (χ2n) is 9.17. The molecule has 19 heavy (non-hydrogen) atoms. The highest BCUT2D eigenvalue weighted by Gasteiger charge is 2.68. The minimum Gasteiger partial charge on any atom is -0.119 e. The fourth-order valence-corrected chi connectivity index (χ4v) is 75.9. The summed E-state index contributed by atoms with van der Waals surface area (Å²) in [4.78, 5) is 0. The lowest BCUT2D eigenvalue weighted by Crippen LogP contribution is -2.75. The second-order valence-corrected chi connectivity index (χ2v) is 38.2. The quantitative estimate of drug-likeness (QED) is 0.241. The van der Waals surface area contributed by atoms with Gasteiger partial charge in [0, 0.05) is 24.2 Å². The highest BCUT2D eigenvalue weighted by Crippen LogP contribution is 2.63. The zero-order valence-electron chi connectivity index (χ0n) is 15.3. The van der Waals surface area contributed by atoms with E-state index >= 15 is 0 Å². The largest absolute Gasteiger partial charge is 0.123 e. The van der Waals surface area contributed by atoms with Gasteiger partial charge < -0.3 is 0 Å². The van der Waals surface area contributed by atoms with Crippen LogP contribution in [0.3, 0.4) is 0 Å². The van der Waals surface area contributed by atoms with E-state index in [0.29, 0.717) is 0 Å². The second kappa shape index (κ2) is 6.00. The Morgan fingerprint density at radius 3 is 0.895 bits per heavy atom. The fraction of sp³-hybridized carbons (Fsp3) is 1.00. The molecule has 0 aromatic heterocycles. The average molecular weight is 445 g/mol. The summed E-state index contributed by atoms with van der Waals surface area (Å²) >= 11 is 3.04. The molecule has 0 unspecified atom stereocenters. The van der Waals surface area contributed by atoms with Crippen LogP contribution in [0.4, 0.5) is 0 Å². The Morgan fingerprint density at radius 1 is 0.632 bits per heavy atom. The summed E-state index contributed by atoms with van der Waals surface area (Å²) < 4.78 is 0.810. The molecule has 0 rings (SSSR count). The first-order valence-electron chi connectivity index (χ1n) is 7.81. The van der Waals surface area contributed by atoms with Crippen LogP contribution < -0.4 is 0 Å². The average Bonchev–Trinajstić information content (AvgIpc) is 2.10. The first-order chi connectivity index (χ1) is 8.12. The molecule has 0 aromatic carbocycles. The van der Waals surface area contributed by atoms with E-state index in [4.69, 9.17) is 0 Å². The highest BCUT2D eigenvalue weighted by molar-refractivity contribution is 14.1. The molecule has 0 aliphatic rings. The fourth-order valence-electron chi connectivity index (χ4n) is 6.17. The molecule has 0 radical (unpaired) electrons. The van der Waals surface area contributed by atoms with Crippen molar-refractivity contribution in [1.29, 1.82) is 0 Å². The molecule has 0 fully saturated rings. The molecule has 0 aliphatic carbocycles. The van der Waals surface area contributed by atoms with Gasteiger partial charge in [-0.25, -0.2) is 0 Å². The molecule has 0 bridgehead atoms. The van der Waals surface area contributed by atoms with Gasteiger partial charge in [-0.3, -0.25) is 0 Å². The summed E-state index contributed by atoms with van der Waals surface area (Å²) in [6.07, 6.45) is 0. The van der Waals surface area contributed by atoms with Crippen molar-refractivity contribution in [2.45, 2.75) is 88.8 Å². The van der Waals surface area contributed by atoms with Crippen LogP contribution in [0.25, 0.3) is 0 Å². The van der Waals surface area contributed by atoms with Crippen molar-refractivity contribution < 1.29 is 0 Å². The predicted molar refractivity (Wildman–Crippen MR) is 113 cm³/mol. The van der Waals surface area contributed by atoms with Crippen molar-refractivity contribution >= 4 is 51.6 Å². The van der Waals surface area contributed by atoms with Gasteiger partial charge in [-0.15, -0.1) is 21.8 Å². The Kier molecular flexibility index (Phi) is 6.51. The molecule has 0 aromatic rings. The SMILES string of the molecule is CC[Si](I)(CC)C([Si](C)(C)C)([Si](C)(C)C)[Si](C)(C)C. The molecule has 116 valence electrons. The summed E-state index contributed by atoms with van der Waals surface area (Å²) in [7, 11) is -3.62. The van der Waals surface area contributed by atoms with Crippen LogP contribution in [0.5, 0.6) is 0 Å². The molecule has 0 amide bonds. The standard InChI is InChI=1S/C14H37ISi4/c1-12-19(15,13-2)14(16(3,4)5,17(6,7)8)18(9,10)11/h12-13H2,1-11H3. The first kappa shape index (κ1) is 20.6. The third-order valence-electron chi connectivity index (χ3n) is 5.17. The summed E-state index contributed by atoms with van der Waals surface area (Å²) in [5, 5.41) is 0. The third kappa shape index (κ3) is 3.19. The number of hydrogen-bond donors (Lipinski definition) is 0.